The summed E-state index contributed by atoms with van der Waals surface area (Å²) in [6.07, 6.45) is 8.19. The summed E-state index contributed by atoms with van der Waals surface area (Å²) in [5, 5.41) is 35.2. The number of nitriles is 1. The zero-order valence-electron chi connectivity index (χ0n) is 18.7. The van der Waals surface area contributed by atoms with Crippen molar-refractivity contribution >= 4 is 23.4 Å². The van der Waals surface area contributed by atoms with Crippen LogP contribution in [0.1, 0.15) is 25.7 Å². The smallest absolute Gasteiger partial charge is 0.274 e. The molecule has 5 heterocycles. The first kappa shape index (κ1) is 19.9. The van der Waals surface area contributed by atoms with E-state index in [-0.39, 0.29) is 6.71 Å². The Balaban J connectivity index is 1.27. The van der Waals surface area contributed by atoms with E-state index in [4.69, 9.17) is 0 Å². The number of rotatable bonds is 4. The molecule has 2 fully saturated rings. The second-order valence-electron chi connectivity index (χ2n) is 9.36. The third kappa shape index (κ3) is 3.27. The maximum Gasteiger partial charge on any atom is 0.274 e. The quantitative estimate of drug-likeness (QED) is 0.486. The molecule has 9 nitrogen and oxygen atoms in total. The zero-order chi connectivity index (χ0) is 22.5. The van der Waals surface area contributed by atoms with Crippen molar-refractivity contribution in [1.29, 1.82) is 5.26 Å². The van der Waals surface area contributed by atoms with E-state index in [2.05, 4.69) is 48.6 Å². The SMILES string of the molecule is CN(c1ccc(-c2ccc(-c3cn(C)nn3)c3cn[nH]c23)nn1)C1CC2CCC(C1)B2C#N. The fraction of sp³-hybridized carbons (Fsp3) is 0.391. The van der Waals surface area contributed by atoms with E-state index in [1.165, 1.54) is 12.8 Å². The molecular weight excluding hydrogens is 413 g/mol. The van der Waals surface area contributed by atoms with Crippen molar-refractivity contribution in [2.75, 3.05) is 11.9 Å². The second kappa shape index (κ2) is 7.69. The summed E-state index contributed by atoms with van der Waals surface area (Å²) in [6.45, 7) is 0.241. The third-order valence-corrected chi connectivity index (χ3v) is 7.55. The van der Waals surface area contributed by atoms with Gasteiger partial charge in [0, 0.05) is 42.6 Å². The Labute approximate surface area is 191 Å². The van der Waals surface area contributed by atoms with Gasteiger partial charge in [0.25, 0.3) is 6.71 Å². The summed E-state index contributed by atoms with van der Waals surface area (Å²) >= 11 is 0. The molecule has 3 aromatic heterocycles. The number of hydrogen-bond acceptors (Lipinski definition) is 7. The second-order valence-corrected chi connectivity index (χ2v) is 9.36. The standard InChI is InChI=1S/C23H24BN9/c1-32-12-21(28-31-32)17-5-6-18(23-19(17)11-26-30-23)20-7-8-22(29-27-20)33(2)16-9-14-3-4-15(10-16)24(14)13-25/h5-8,11-12,14-16H,3-4,9-10H2,1-2H3,(H,26,30). The molecule has 2 unspecified atom stereocenters. The Morgan fingerprint density at radius 2 is 1.85 bits per heavy atom. The van der Waals surface area contributed by atoms with Crippen molar-refractivity contribution in [2.45, 2.75) is 43.4 Å². The van der Waals surface area contributed by atoms with Crippen molar-refractivity contribution in [3.8, 4) is 28.5 Å². The lowest BCUT2D eigenvalue weighted by Crippen LogP contribution is -2.40. The number of hydrogen-bond donors (Lipinski definition) is 1. The van der Waals surface area contributed by atoms with Gasteiger partial charge in [-0.25, -0.2) is 5.26 Å². The number of H-pyrrole nitrogens is 1. The Bertz CT molecular complexity index is 1340. The summed E-state index contributed by atoms with van der Waals surface area (Å²) in [5.41, 5.74) is 4.42. The summed E-state index contributed by atoms with van der Waals surface area (Å²) < 4.78 is 1.69. The summed E-state index contributed by atoms with van der Waals surface area (Å²) in [5.74, 6) is 4.47. The van der Waals surface area contributed by atoms with Crippen LogP contribution in [0.4, 0.5) is 5.82 Å². The van der Waals surface area contributed by atoms with Gasteiger partial charge in [-0.15, -0.1) is 15.3 Å². The first-order valence-electron chi connectivity index (χ1n) is 11.4. The number of anilines is 1. The van der Waals surface area contributed by atoms with Crippen LogP contribution in [-0.2, 0) is 7.05 Å². The highest BCUT2D eigenvalue weighted by Crippen LogP contribution is 2.50. The van der Waals surface area contributed by atoms with Crippen molar-refractivity contribution in [1.82, 2.24) is 35.4 Å². The Hall–Kier alpha value is -3.74. The van der Waals surface area contributed by atoms with Gasteiger partial charge in [-0.2, -0.15) is 5.10 Å². The molecule has 0 spiro atoms. The highest BCUT2D eigenvalue weighted by atomic mass is 15.4. The van der Waals surface area contributed by atoms with Gasteiger partial charge in [-0.3, -0.25) is 9.78 Å². The number of aryl methyl sites for hydroxylation is 1. The summed E-state index contributed by atoms with van der Waals surface area (Å²) in [7, 11) is 3.95. The predicted molar refractivity (Wildman–Crippen MR) is 127 cm³/mol. The molecule has 1 aromatic carbocycles. The molecule has 2 saturated heterocycles. The lowest BCUT2D eigenvalue weighted by Gasteiger charge is -2.36. The molecule has 4 aromatic rings. The maximum absolute atomic E-state index is 9.49. The number of aromatic nitrogens is 7. The van der Waals surface area contributed by atoms with Crippen molar-refractivity contribution in [3.63, 3.8) is 0 Å². The average Bonchev–Trinajstić information content (AvgIpc) is 3.55. The minimum absolute atomic E-state index is 0.241. The largest absolute Gasteiger partial charge is 0.355 e. The molecule has 0 radical (unpaired) electrons. The van der Waals surface area contributed by atoms with Crippen LogP contribution in [0.3, 0.4) is 0 Å². The summed E-state index contributed by atoms with van der Waals surface area (Å²) in [6, 6.07) is 8.53. The van der Waals surface area contributed by atoms with Gasteiger partial charge in [0.1, 0.15) is 5.69 Å². The summed E-state index contributed by atoms with van der Waals surface area (Å²) in [4.78, 5) is 2.25. The van der Waals surface area contributed by atoms with Crippen molar-refractivity contribution in [2.24, 2.45) is 7.05 Å². The Morgan fingerprint density at radius 3 is 2.52 bits per heavy atom. The highest BCUT2D eigenvalue weighted by Gasteiger charge is 2.47. The number of benzene rings is 1. The van der Waals surface area contributed by atoms with Gasteiger partial charge in [-0.05, 0) is 42.7 Å². The van der Waals surface area contributed by atoms with Crippen LogP contribution in [0.2, 0.25) is 11.6 Å². The van der Waals surface area contributed by atoms with Gasteiger partial charge in [-0.1, -0.05) is 24.1 Å². The van der Waals surface area contributed by atoms with Crippen LogP contribution < -0.4 is 4.90 Å². The molecule has 6 rings (SSSR count). The van der Waals surface area contributed by atoms with Gasteiger partial charge in [0.2, 0.25) is 0 Å². The van der Waals surface area contributed by atoms with Crippen LogP contribution in [0.15, 0.2) is 36.7 Å². The highest BCUT2D eigenvalue weighted by molar-refractivity contribution is 6.70. The fourth-order valence-electron chi connectivity index (χ4n) is 5.81. The van der Waals surface area contributed by atoms with Crippen LogP contribution in [0.5, 0.6) is 0 Å². The molecule has 0 aliphatic carbocycles. The van der Waals surface area contributed by atoms with Crippen LogP contribution in [0.25, 0.3) is 33.4 Å². The van der Waals surface area contributed by atoms with Gasteiger partial charge < -0.3 is 4.90 Å². The van der Waals surface area contributed by atoms with E-state index in [1.807, 2.05) is 43.7 Å². The first-order chi connectivity index (χ1) is 16.1. The minimum atomic E-state index is 0.241. The number of aromatic amines is 1. The molecule has 1 N–H and O–H groups in total. The molecule has 0 amide bonds. The lowest BCUT2D eigenvalue weighted by molar-refractivity contribution is 0.515. The van der Waals surface area contributed by atoms with E-state index < -0.39 is 0 Å². The molecule has 2 bridgehead atoms. The van der Waals surface area contributed by atoms with Crippen LogP contribution in [-0.4, -0.2) is 55.2 Å². The van der Waals surface area contributed by atoms with E-state index in [0.29, 0.717) is 17.7 Å². The van der Waals surface area contributed by atoms with Crippen LogP contribution >= 0.6 is 0 Å². The van der Waals surface area contributed by atoms with E-state index in [0.717, 1.165) is 52.1 Å². The number of nitrogens with zero attached hydrogens (tertiary/aromatic N) is 8. The molecule has 0 saturated carbocycles. The van der Waals surface area contributed by atoms with Gasteiger partial charge in [0.05, 0.1) is 23.6 Å². The maximum atomic E-state index is 9.49. The predicted octanol–water partition coefficient (Wildman–Crippen LogP) is 3.51. The van der Waals surface area contributed by atoms with Crippen LogP contribution in [0, 0.1) is 11.2 Å². The van der Waals surface area contributed by atoms with Crippen molar-refractivity contribution < 1.29 is 0 Å². The topological polar surface area (TPSA) is 112 Å². The average molecular weight is 437 g/mol. The Kier molecular flexibility index (Phi) is 4.64. The molecular formula is C23H24BN9. The van der Waals surface area contributed by atoms with E-state index in [9.17, 15) is 5.26 Å². The third-order valence-electron chi connectivity index (χ3n) is 7.55. The number of nitrogens with one attached hydrogen (secondary N) is 1. The molecule has 2 aliphatic rings. The fourth-order valence-corrected chi connectivity index (χ4v) is 5.81. The normalized spacial score (nSPS) is 22.0. The number of fused-ring (bicyclic) bond motifs is 3. The molecule has 33 heavy (non-hydrogen) atoms. The minimum Gasteiger partial charge on any atom is -0.355 e. The molecule has 2 aliphatic heterocycles. The van der Waals surface area contributed by atoms with Crippen molar-refractivity contribution in [3.05, 3.63) is 36.7 Å². The lowest BCUT2D eigenvalue weighted by atomic mass is 9.35. The Morgan fingerprint density at radius 1 is 1.06 bits per heavy atom. The van der Waals surface area contributed by atoms with Gasteiger partial charge >= 0.3 is 0 Å². The van der Waals surface area contributed by atoms with E-state index >= 15 is 0 Å². The molecule has 10 heteroatoms. The molecule has 2 atom stereocenters. The monoisotopic (exact) mass is 437 g/mol. The zero-order valence-corrected chi connectivity index (χ0v) is 18.7. The molecule has 164 valence electrons. The first-order valence-corrected chi connectivity index (χ1v) is 11.4. The van der Waals surface area contributed by atoms with Gasteiger partial charge in [0.15, 0.2) is 5.82 Å². The van der Waals surface area contributed by atoms with E-state index in [1.54, 1.807) is 4.68 Å².